The molecule has 0 bridgehead atoms. The van der Waals surface area contributed by atoms with Gasteiger partial charge >= 0.3 is 103 Å². The number of hydrogen-bond acceptors (Lipinski definition) is 7. The molecule has 3 rings (SSSR count). The molecular formula is C13H10K2N3O5P. The Balaban J connectivity index is 0.00000144. The summed E-state index contributed by atoms with van der Waals surface area (Å²) in [7, 11) is -4.61. The van der Waals surface area contributed by atoms with Crippen LogP contribution in [0, 0.1) is 0 Å². The zero-order valence-electron chi connectivity index (χ0n) is 13.3. The monoisotopic (exact) mass is 397 g/mol. The van der Waals surface area contributed by atoms with Gasteiger partial charge in [0.2, 0.25) is 11.6 Å². The molecule has 1 aromatic carbocycles. The van der Waals surface area contributed by atoms with Crippen LogP contribution in [0.25, 0.3) is 0 Å². The van der Waals surface area contributed by atoms with Crippen LogP contribution < -0.4 is 113 Å². The van der Waals surface area contributed by atoms with E-state index < -0.39 is 19.5 Å². The molecule has 1 aliphatic carbocycles. The number of aromatic nitrogens is 3. The van der Waals surface area contributed by atoms with Gasteiger partial charge in [-0.3, -0.25) is 9.59 Å². The summed E-state index contributed by atoms with van der Waals surface area (Å²) in [6.45, 7) is 0.0258. The number of fused-ring (bicyclic) bond motifs is 2. The third-order valence-corrected chi connectivity index (χ3v) is 4.25. The number of hydrogen-bond donors (Lipinski definition) is 0. The molecule has 0 radical (unpaired) electrons. The first-order valence-corrected chi connectivity index (χ1v) is 8.24. The third kappa shape index (κ3) is 4.89. The van der Waals surface area contributed by atoms with Gasteiger partial charge in [-0.15, -0.1) is 5.10 Å². The van der Waals surface area contributed by atoms with E-state index in [2.05, 4.69) is 10.3 Å². The minimum absolute atomic E-state index is 0. The average Bonchev–Trinajstić information content (AvgIpc) is 2.88. The molecule has 1 heterocycles. The summed E-state index contributed by atoms with van der Waals surface area (Å²) in [5, 5.41) is 7.45. The maximum absolute atomic E-state index is 12.5. The van der Waals surface area contributed by atoms with Crippen molar-refractivity contribution in [2.75, 3.05) is 6.16 Å². The summed E-state index contributed by atoms with van der Waals surface area (Å²) in [4.78, 5) is 46.0. The van der Waals surface area contributed by atoms with Crippen molar-refractivity contribution in [2.24, 2.45) is 0 Å². The first kappa shape index (κ1) is 23.2. The van der Waals surface area contributed by atoms with Gasteiger partial charge in [0, 0.05) is 17.7 Å². The maximum atomic E-state index is 12.5. The molecule has 0 atom stereocenters. The van der Waals surface area contributed by atoms with E-state index in [4.69, 9.17) is 0 Å². The van der Waals surface area contributed by atoms with Crippen LogP contribution in [0.2, 0.25) is 0 Å². The molecule has 0 spiro atoms. The van der Waals surface area contributed by atoms with Gasteiger partial charge in [-0.05, 0) is 12.6 Å². The van der Waals surface area contributed by atoms with E-state index in [0.29, 0.717) is 0 Å². The molecule has 0 saturated carbocycles. The molecule has 0 amide bonds. The van der Waals surface area contributed by atoms with Crippen molar-refractivity contribution in [3.63, 3.8) is 0 Å². The number of carbonyl (C=O) groups excluding carboxylic acids is 2. The van der Waals surface area contributed by atoms with E-state index in [9.17, 15) is 23.9 Å². The summed E-state index contributed by atoms with van der Waals surface area (Å²) in [5.74, 6) is -0.780. The molecule has 0 N–H and O–H groups in total. The van der Waals surface area contributed by atoms with E-state index in [-0.39, 0.29) is 144 Å². The molecule has 11 heteroatoms. The van der Waals surface area contributed by atoms with Gasteiger partial charge in [-0.2, -0.15) is 0 Å². The minimum Gasteiger partial charge on any atom is -0.811 e. The van der Waals surface area contributed by atoms with Crippen LogP contribution in [0.3, 0.4) is 0 Å². The molecule has 2 aromatic rings. The van der Waals surface area contributed by atoms with Crippen LogP contribution in [-0.4, -0.2) is 32.7 Å². The van der Waals surface area contributed by atoms with Crippen molar-refractivity contribution in [1.82, 2.24) is 15.0 Å². The van der Waals surface area contributed by atoms with Crippen molar-refractivity contribution < 1.29 is 127 Å². The zero-order valence-corrected chi connectivity index (χ0v) is 20.4. The Morgan fingerprint density at radius 3 is 2.21 bits per heavy atom. The number of aryl methyl sites for hydroxylation is 1. The van der Waals surface area contributed by atoms with Gasteiger partial charge in [0.05, 0.1) is 0 Å². The first-order valence-electron chi connectivity index (χ1n) is 6.51. The van der Waals surface area contributed by atoms with E-state index in [1.54, 1.807) is 24.3 Å². The minimum atomic E-state index is -4.61. The van der Waals surface area contributed by atoms with E-state index in [1.807, 2.05) is 0 Å². The SMILES string of the molecule is O=C1c2ccccc2C(=O)c2c1nnn2CCCP(=O)([O-])[O-].[K+].[K+]. The fraction of sp³-hybridized carbons (Fsp3) is 0.231. The number of rotatable bonds is 4. The molecule has 8 nitrogen and oxygen atoms in total. The number of benzene rings is 1. The van der Waals surface area contributed by atoms with Crippen molar-refractivity contribution >= 4 is 19.2 Å². The number of ketones is 2. The summed E-state index contributed by atoms with van der Waals surface area (Å²) in [6.07, 6.45) is -0.538. The van der Waals surface area contributed by atoms with Gasteiger partial charge in [0.25, 0.3) is 0 Å². The quantitative estimate of drug-likeness (QED) is 0.316. The Bertz CT molecular complexity index is 833. The van der Waals surface area contributed by atoms with E-state index in [1.165, 1.54) is 4.68 Å². The molecule has 0 unspecified atom stereocenters. The predicted molar refractivity (Wildman–Crippen MR) is 70.4 cm³/mol. The van der Waals surface area contributed by atoms with Crippen LogP contribution >= 0.6 is 7.60 Å². The van der Waals surface area contributed by atoms with Crippen LogP contribution in [0.5, 0.6) is 0 Å². The largest absolute Gasteiger partial charge is 1.00 e. The second-order valence-electron chi connectivity index (χ2n) is 4.90. The van der Waals surface area contributed by atoms with Crippen LogP contribution in [0.4, 0.5) is 0 Å². The van der Waals surface area contributed by atoms with Gasteiger partial charge < -0.3 is 14.4 Å². The van der Waals surface area contributed by atoms with Crippen LogP contribution in [0.15, 0.2) is 24.3 Å². The second-order valence-corrected chi connectivity index (χ2v) is 6.57. The standard InChI is InChI=1S/C13H12N3O5P.2K/c17-12-8-4-1-2-5-9(8)13(18)11-10(12)14-15-16(11)6-3-7-22(19,20)21;;/h1-2,4-5H,3,6-7H2,(H2,19,20,21);;/q;2*+1/p-2. The Hall–Kier alpha value is 1.12. The first-order chi connectivity index (χ1) is 10.4. The Morgan fingerprint density at radius 2 is 1.62 bits per heavy atom. The number of nitrogens with zero attached hydrogens (tertiary/aromatic N) is 3. The zero-order chi connectivity index (χ0) is 15.9. The van der Waals surface area contributed by atoms with E-state index >= 15 is 0 Å². The molecule has 0 saturated heterocycles. The fourth-order valence-corrected chi connectivity index (χ4v) is 2.92. The van der Waals surface area contributed by atoms with Gasteiger partial charge in [0.15, 0.2) is 5.69 Å². The Kier molecular flexibility index (Phi) is 9.03. The fourth-order valence-electron chi connectivity index (χ4n) is 2.40. The summed E-state index contributed by atoms with van der Waals surface area (Å²) in [6, 6.07) is 6.38. The summed E-state index contributed by atoms with van der Waals surface area (Å²) >= 11 is 0. The average molecular weight is 397 g/mol. The maximum Gasteiger partial charge on any atom is 1.00 e. The smallest absolute Gasteiger partial charge is 0.811 e. The molecular weight excluding hydrogens is 387 g/mol. The van der Waals surface area contributed by atoms with Crippen molar-refractivity contribution in [2.45, 2.75) is 13.0 Å². The van der Waals surface area contributed by atoms with Crippen molar-refractivity contribution in [1.29, 1.82) is 0 Å². The molecule has 114 valence electrons. The molecule has 0 aliphatic heterocycles. The Labute approximate surface area is 222 Å². The molecule has 0 fully saturated rings. The van der Waals surface area contributed by atoms with Crippen LogP contribution in [0.1, 0.15) is 38.5 Å². The predicted octanol–water partition coefficient (Wildman–Crippen LogP) is -6.63. The van der Waals surface area contributed by atoms with Gasteiger partial charge in [-0.25, -0.2) is 4.68 Å². The molecule has 1 aromatic heterocycles. The third-order valence-electron chi connectivity index (χ3n) is 3.38. The summed E-state index contributed by atoms with van der Waals surface area (Å²) in [5.41, 5.74) is 0.531. The summed E-state index contributed by atoms with van der Waals surface area (Å²) < 4.78 is 11.8. The topological polar surface area (TPSA) is 128 Å². The Morgan fingerprint density at radius 1 is 1.04 bits per heavy atom. The van der Waals surface area contributed by atoms with Crippen molar-refractivity contribution in [3.8, 4) is 0 Å². The molecule has 24 heavy (non-hydrogen) atoms. The molecule has 1 aliphatic rings. The van der Waals surface area contributed by atoms with Gasteiger partial charge in [0.1, 0.15) is 5.69 Å². The normalized spacial score (nSPS) is 12.8. The van der Waals surface area contributed by atoms with Crippen LogP contribution in [-0.2, 0) is 11.1 Å². The number of carbonyl (C=O) groups is 2. The second kappa shape index (κ2) is 9.36. The van der Waals surface area contributed by atoms with Crippen molar-refractivity contribution in [3.05, 3.63) is 46.8 Å². The van der Waals surface area contributed by atoms with Gasteiger partial charge in [-0.1, -0.05) is 37.1 Å². The van der Waals surface area contributed by atoms with E-state index in [0.717, 1.165) is 0 Å².